The minimum atomic E-state index is -4.12. The van der Waals surface area contributed by atoms with Crippen LogP contribution in [0.4, 0.5) is 18.9 Å². The predicted molar refractivity (Wildman–Crippen MR) is 57.6 cm³/mol. The molecule has 4 heteroatoms. The molecule has 1 atom stereocenters. The van der Waals surface area contributed by atoms with Gasteiger partial charge in [0.25, 0.3) is 0 Å². The maximum atomic E-state index is 12.7. The molecule has 88 valence electrons. The molecule has 0 spiro atoms. The third-order valence-electron chi connectivity index (χ3n) is 3.00. The van der Waals surface area contributed by atoms with Gasteiger partial charge < -0.3 is 4.90 Å². The van der Waals surface area contributed by atoms with Gasteiger partial charge in [0.15, 0.2) is 0 Å². The Hall–Kier alpha value is -1.19. The van der Waals surface area contributed by atoms with Crippen molar-refractivity contribution in [2.45, 2.75) is 32.0 Å². The van der Waals surface area contributed by atoms with Gasteiger partial charge in [0, 0.05) is 12.2 Å². The molecular weight excluding hydrogens is 215 g/mol. The van der Waals surface area contributed by atoms with Crippen molar-refractivity contribution in [3.8, 4) is 0 Å². The van der Waals surface area contributed by atoms with E-state index < -0.39 is 12.2 Å². The maximum Gasteiger partial charge on any atom is 0.408 e. The van der Waals surface area contributed by atoms with E-state index in [0.717, 1.165) is 5.56 Å². The van der Waals surface area contributed by atoms with Crippen molar-refractivity contribution in [1.29, 1.82) is 0 Å². The number of rotatable bonds is 1. The SMILES string of the molecule is Cc1ccc(N2CCC[C@H]2C(F)(F)F)cc1. The summed E-state index contributed by atoms with van der Waals surface area (Å²) in [6.07, 6.45) is -3.31. The van der Waals surface area contributed by atoms with Crippen molar-refractivity contribution < 1.29 is 13.2 Å². The smallest absolute Gasteiger partial charge is 0.360 e. The molecule has 0 saturated carbocycles. The van der Waals surface area contributed by atoms with Crippen LogP contribution in [0.3, 0.4) is 0 Å². The molecule has 0 aliphatic carbocycles. The number of alkyl halides is 3. The highest BCUT2D eigenvalue weighted by Gasteiger charge is 2.45. The number of hydrogen-bond donors (Lipinski definition) is 0. The summed E-state index contributed by atoms with van der Waals surface area (Å²) in [6.45, 7) is 2.42. The Balaban J connectivity index is 2.23. The lowest BCUT2D eigenvalue weighted by Crippen LogP contribution is -2.41. The minimum absolute atomic E-state index is 0.206. The third kappa shape index (κ3) is 2.15. The molecule has 2 rings (SSSR count). The van der Waals surface area contributed by atoms with Crippen LogP contribution in [0, 0.1) is 6.92 Å². The average molecular weight is 229 g/mol. The van der Waals surface area contributed by atoms with E-state index in [0.29, 0.717) is 18.7 Å². The predicted octanol–water partition coefficient (Wildman–Crippen LogP) is 3.53. The van der Waals surface area contributed by atoms with Crippen LogP contribution in [-0.4, -0.2) is 18.8 Å². The molecule has 1 aromatic rings. The fourth-order valence-electron chi connectivity index (χ4n) is 2.15. The van der Waals surface area contributed by atoms with Crippen LogP contribution < -0.4 is 4.90 Å². The summed E-state index contributed by atoms with van der Waals surface area (Å²) in [7, 11) is 0. The first-order valence-electron chi connectivity index (χ1n) is 5.38. The van der Waals surface area contributed by atoms with Crippen LogP contribution in [0.25, 0.3) is 0 Å². The zero-order valence-electron chi connectivity index (χ0n) is 9.09. The Morgan fingerprint density at radius 2 is 1.81 bits per heavy atom. The molecule has 1 aliphatic rings. The Kier molecular flexibility index (Phi) is 2.82. The highest BCUT2D eigenvalue weighted by atomic mass is 19.4. The second-order valence-electron chi connectivity index (χ2n) is 4.23. The summed E-state index contributed by atoms with van der Waals surface area (Å²) in [4.78, 5) is 1.46. The molecule has 1 aromatic carbocycles. The Labute approximate surface area is 92.9 Å². The normalized spacial score (nSPS) is 21.5. The van der Waals surface area contributed by atoms with Crippen LogP contribution in [0.1, 0.15) is 18.4 Å². The molecule has 0 unspecified atom stereocenters. The fraction of sp³-hybridized carbons (Fsp3) is 0.500. The molecule has 0 radical (unpaired) electrons. The Morgan fingerprint density at radius 3 is 2.38 bits per heavy atom. The number of hydrogen-bond acceptors (Lipinski definition) is 1. The number of aryl methyl sites for hydroxylation is 1. The van der Waals surface area contributed by atoms with E-state index in [9.17, 15) is 13.2 Å². The van der Waals surface area contributed by atoms with Gasteiger partial charge >= 0.3 is 6.18 Å². The average Bonchev–Trinajstić information content (AvgIpc) is 2.66. The van der Waals surface area contributed by atoms with Crippen molar-refractivity contribution >= 4 is 5.69 Å². The summed E-state index contributed by atoms with van der Waals surface area (Å²) >= 11 is 0. The van der Waals surface area contributed by atoms with E-state index in [-0.39, 0.29) is 6.42 Å². The third-order valence-corrected chi connectivity index (χ3v) is 3.00. The van der Waals surface area contributed by atoms with Gasteiger partial charge in [-0.25, -0.2) is 0 Å². The van der Waals surface area contributed by atoms with Gasteiger partial charge in [-0.05, 0) is 31.9 Å². The standard InChI is InChI=1S/C12H14F3N/c1-9-4-6-10(7-5-9)16-8-2-3-11(16)12(13,14)15/h4-7,11H,2-3,8H2,1H3/t11-/m0/s1. The molecule has 0 bridgehead atoms. The maximum absolute atomic E-state index is 12.7. The topological polar surface area (TPSA) is 3.24 Å². The molecule has 1 saturated heterocycles. The van der Waals surface area contributed by atoms with Crippen LogP contribution in [-0.2, 0) is 0 Å². The molecule has 1 heterocycles. The second-order valence-corrected chi connectivity index (χ2v) is 4.23. The molecule has 0 amide bonds. The second kappa shape index (κ2) is 4.00. The largest absolute Gasteiger partial charge is 0.408 e. The fourth-order valence-corrected chi connectivity index (χ4v) is 2.15. The monoisotopic (exact) mass is 229 g/mol. The van der Waals surface area contributed by atoms with E-state index >= 15 is 0 Å². The van der Waals surface area contributed by atoms with Crippen LogP contribution in [0.15, 0.2) is 24.3 Å². The zero-order chi connectivity index (χ0) is 11.8. The Bertz CT molecular complexity index is 356. The quantitative estimate of drug-likeness (QED) is 0.712. The molecule has 1 fully saturated rings. The lowest BCUT2D eigenvalue weighted by molar-refractivity contribution is -0.145. The number of halogens is 3. The first-order chi connectivity index (χ1) is 7.48. The van der Waals surface area contributed by atoms with Gasteiger partial charge in [-0.3, -0.25) is 0 Å². The van der Waals surface area contributed by atoms with Gasteiger partial charge in [-0.1, -0.05) is 17.7 Å². The summed E-state index contributed by atoms with van der Waals surface area (Å²) in [5.41, 5.74) is 1.73. The summed E-state index contributed by atoms with van der Waals surface area (Å²) in [5, 5.41) is 0. The lowest BCUT2D eigenvalue weighted by atomic mass is 10.2. The van der Waals surface area contributed by atoms with Gasteiger partial charge in [0.1, 0.15) is 6.04 Å². The van der Waals surface area contributed by atoms with Gasteiger partial charge in [-0.2, -0.15) is 13.2 Å². The highest BCUT2D eigenvalue weighted by Crippen LogP contribution is 2.35. The van der Waals surface area contributed by atoms with Crippen molar-refractivity contribution in [3.63, 3.8) is 0 Å². The van der Waals surface area contributed by atoms with Crippen molar-refractivity contribution in [1.82, 2.24) is 0 Å². The van der Waals surface area contributed by atoms with Crippen LogP contribution in [0.5, 0.6) is 0 Å². The molecule has 0 N–H and O–H groups in total. The van der Waals surface area contributed by atoms with E-state index in [1.165, 1.54) is 4.90 Å². The summed E-state index contributed by atoms with van der Waals surface area (Å²) in [5.74, 6) is 0. The summed E-state index contributed by atoms with van der Waals surface area (Å²) in [6, 6.07) is 5.91. The van der Waals surface area contributed by atoms with Crippen molar-refractivity contribution in [3.05, 3.63) is 29.8 Å². The van der Waals surface area contributed by atoms with Gasteiger partial charge in [0.05, 0.1) is 0 Å². The van der Waals surface area contributed by atoms with Gasteiger partial charge in [-0.15, -0.1) is 0 Å². The first-order valence-corrected chi connectivity index (χ1v) is 5.38. The molecule has 16 heavy (non-hydrogen) atoms. The van der Waals surface area contributed by atoms with E-state index in [1.54, 1.807) is 12.1 Å². The molecular formula is C12H14F3N. The van der Waals surface area contributed by atoms with Gasteiger partial charge in [0.2, 0.25) is 0 Å². The van der Waals surface area contributed by atoms with Crippen molar-refractivity contribution in [2.24, 2.45) is 0 Å². The number of anilines is 1. The van der Waals surface area contributed by atoms with E-state index in [4.69, 9.17) is 0 Å². The molecule has 0 aromatic heterocycles. The van der Waals surface area contributed by atoms with E-state index in [1.807, 2.05) is 19.1 Å². The minimum Gasteiger partial charge on any atom is -0.360 e. The van der Waals surface area contributed by atoms with Crippen molar-refractivity contribution in [2.75, 3.05) is 11.4 Å². The molecule has 1 nitrogen and oxygen atoms in total. The van der Waals surface area contributed by atoms with Crippen LogP contribution >= 0.6 is 0 Å². The summed E-state index contributed by atoms with van der Waals surface area (Å²) < 4.78 is 38.2. The van der Waals surface area contributed by atoms with E-state index in [2.05, 4.69) is 0 Å². The number of nitrogens with zero attached hydrogens (tertiary/aromatic N) is 1. The highest BCUT2D eigenvalue weighted by molar-refractivity contribution is 5.49. The van der Waals surface area contributed by atoms with Crippen LogP contribution in [0.2, 0.25) is 0 Å². The zero-order valence-corrected chi connectivity index (χ0v) is 9.09. The first kappa shape index (κ1) is 11.3. The molecule has 1 aliphatic heterocycles. The lowest BCUT2D eigenvalue weighted by Gasteiger charge is -2.28. The Morgan fingerprint density at radius 1 is 1.19 bits per heavy atom. The number of benzene rings is 1.